The Hall–Kier alpha value is -3.06. The molecule has 0 aliphatic rings. The summed E-state index contributed by atoms with van der Waals surface area (Å²) >= 11 is 1.64. The Kier molecular flexibility index (Phi) is 3.32. The first-order chi connectivity index (χ1) is 11.3. The molecule has 0 radical (unpaired) electrons. The van der Waals surface area contributed by atoms with E-state index in [1.54, 1.807) is 34.2 Å². The zero-order valence-electron chi connectivity index (χ0n) is 11.9. The maximum atomic E-state index is 12.1. The van der Waals surface area contributed by atoms with Crippen LogP contribution in [0.25, 0.3) is 16.8 Å². The summed E-state index contributed by atoms with van der Waals surface area (Å²) in [4.78, 5) is 20.3. The third-order valence-electron chi connectivity index (χ3n) is 3.33. The third kappa shape index (κ3) is 2.69. The van der Waals surface area contributed by atoms with E-state index in [9.17, 15) is 4.79 Å². The van der Waals surface area contributed by atoms with Crippen molar-refractivity contribution < 1.29 is 4.79 Å². The van der Waals surface area contributed by atoms with Gasteiger partial charge in [0.05, 0.1) is 5.56 Å². The number of fused-ring (bicyclic) bond motifs is 1. The van der Waals surface area contributed by atoms with E-state index in [4.69, 9.17) is 0 Å². The van der Waals surface area contributed by atoms with Crippen molar-refractivity contribution >= 4 is 28.8 Å². The Morgan fingerprint density at radius 3 is 2.91 bits per heavy atom. The van der Waals surface area contributed by atoms with E-state index in [0.29, 0.717) is 11.2 Å². The van der Waals surface area contributed by atoms with Gasteiger partial charge in [-0.1, -0.05) is 0 Å². The number of aromatic nitrogens is 4. The molecular formula is C16H11N5OS. The lowest BCUT2D eigenvalue weighted by atomic mass is 10.2. The molecule has 0 atom stereocenters. The normalized spacial score (nSPS) is 10.8. The van der Waals surface area contributed by atoms with Gasteiger partial charge in [0.1, 0.15) is 0 Å². The van der Waals surface area contributed by atoms with Crippen LogP contribution in [0.3, 0.4) is 0 Å². The van der Waals surface area contributed by atoms with Crippen LogP contribution in [0.2, 0.25) is 0 Å². The van der Waals surface area contributed by atoms with E-state index in [1.165, 1.54) is 6.20 Å². The van der Waals surface area contributed by atoms with Gasteiger partial charge in [0.2, 0.25) is 5.95 Å². The van der Waals surface area contributed by atoms with Crippen molar-refractivity contribution in [3.8, 4) is 11.1 Å². The number of hydrogen-bond donors (Lipinski definition) is 1. The van der Waals surface area contributed by atoms with Crippen LogP contribution in [0.5, 0.6) is 0 Å². The summed E-state index contributed by atoms with van der Waals surface area (Å²) in [5, 5.41) is 11.1. The lowest BCUT2D eigenvalue weighted by Gasteiger charge is -1.99. The molecule has 0 unspecified atom stereocenters. The predicted molar refractivity (Wildman–Crippen MR) is 88.5 cm³/mol. The molecular weight excluding hydrogens is 310 g/mol. The van der Waals surface area contributed by atoms with Crippen molar-refractivity contribution in [1.29, 1.82) is 0 Å². The molecule has 0 fully saturated rings. The van der Waals surface area contributed by atoms with E-state index in [0.717, 1.165) is 11.1 Å². The number of amides is 1. The van der Waals surface area contributed by atoms with Crippen LogP contribution in [0.4, 0.5) is 5.95 Å². The molecule has 4 rings (SSSR count). The third-order valence-corrected chi connectivity index (χ3v) is 4.02. The molecule has 0 aromatic carbocycles. The highest BCUT2D eigenvalue weighted by Gasteiger charge is 2.10. The van der Waals surface area contributed by atoms with E-state index in [1.807, 2.05) is 29.8 Å². The molecule has 1 amide bonds. The van der Waals surface area contributed by atoms with Gasteiger partial charge in [-0.15, -0.1) is 5.10 Å². The number of thiophene rings is 1. The van der Waals surface area contributed by atoms with E-state index < -0.39 is 0 Å². The molecule has 4 aromatic heterocycles. The highest BCUT2D eigenvalue weighted by atomic mass is 32.1. The van der Waals surface area contributed by atoms with Gasteiger partial charge < -0.3 is 0 Å². The van der Waals surface area contributed by atoms with E-state index in [2.05, 4.69) is 25.8 Å². The van der Waals surface area contributed by atoms with E-state index in [-0.39, 0.29) is 11.9 Å². The fourth-order valence-corrected chi connectivity index (χ4v) is 2.87. The SMILES string of the molecule is O=C(Nc1nc2ccc(-c3ccsc3)cn2n1)c1cccnc1. The van der Waals surface area contributed by atoms with Crippen LogP contribution in [0.15, 0.2) is 59.7 Å². The molecule has 0 spiro atoms. The zero-order valence-corrected chi connectivity index (χ0v) is 12.7. The number of carbonyl (C=O) groups excluding carboxylic acids is 1. The van der Waals surface area contributed by atoms with Crippen LogP contribution >= 0.6 is 11.3 Å². The average Bonchev–Trinajstić information content (AvgIpc) is 3.24. The van der Waals surface area contributed by atoms with Gasteiger partial charge in [0.15, 0.2) is 5.65 Å². The quantitative estimate of drug-likeness (QED) is 0.629. The molecule has 7 heteroatoms. The minimum atomic E-state index is -0.285. The summed E-state index contributed by atoms with van der Waals surface area (Å²) in [5.74, 6) is -0.0200. The molecule has 6 nitrogen and oxygen atoms in total. The molecule has 4 heterocycles. The summed E-state index contributed by atoms with van der Waals surface area (Å²) in [6.45, 7) is 0. The first-order valence-corrected chi connectivity index (χ1v) is 7.84. The molecule has 0 bridgehead atoms. The second-order valence-corrected chi connectivity index (χ2v) is 5.64. The lowest BCUT2D eigenvalue weighted by Crippen LogP contribution is -2.13. The number of nitrogens with zero attached hydrogens (tertiary/aromatic N) is 4. The molecule has 4 aromatic rings. The van der Waals surface area contributed by atoms with Gasteiger partial charge in [-0.2, -0.15) is 16.3 Å². The van der Waals surface area contributed by atoms with Gasteiger partial charge in [0.25, 0.3) is 5.91 Å². The van der Waals surface area contributed by atoms with Crippen molar-refractivity contribution in [3.63, 3.8) is 0 Å². The minimum absolute atomic E-state index is 0.265. The molecule has 0 saturated heterocycles. The molecule has 23 heavy (non-hydrogen) atoms. The van der Waals surface area contributed by atoms with Gasteiger partial charge >= 0.3 is 0 Å². The van der Waals surface area contributed by atoms with Crippen molar-refractivity contribution in [2.45, 2.75) is 0 Å². The standard InChI is InChI=1S/C16H11N5OS/c22-15(11-2-1-6-17-8-11)19-16-18-14-4-3-12(9-21(14)20-16)13-5-7-23-10-13/h1-10H,(H,19,20,22). The fourth-order valence-electron chi connectivity index (χ4n) is 2.21. The maximum Gasteiger partial charge on any atom is 0.259 e. The van der Waals surface area contributed by atoms with Gasteiger partial charge in [0, 0.05) is 24.2 Å². The second kappa shape index (κ2) is 5.62. The molecule has 0 saturated carbocycles. The van der Waals surface area contributed by atoms with Crippen molar-refractivity contribution in [2.75, 3.05) is 5.32 Å². The largest absolute Gasteiger partial charge is 0.289 e. The zero-order chi connectivity index (χ0) is 15.6. The summed E-state index contributed by atoms with van der Waals surface area (Å²) in [5.41, 5.74) is 3.32. The monoisotopic (exact) mass is 321 g/mol. The number of pyridine rings is 2. The van der Waals surface area contributed by atoms with Gasteiger partial charge in [-0.25, -0.2) is 4.52 Å². The van der Waals surface area contributed by atoms with Crippen LogP contribution < -0.4 is 5.32 Å². The Balaban J connectivity index is 1.63. The van der Waals surface area contributed by atoms with E-state index >= 15 is 0 Å². The molecule has 0 aliphatic heterocycles. The van der Waals surface area contributed by atoms with Crippen molar-refractivity contribution in [3.05, 3.63) is 65.2 Å². The number of hydrogen-bond acceptors (Lipinski definition) is 5. The summed E-state index contributed by atoms with van der Waals surface area (Å²) in [7, 11) is 0. The van der Waals surface area contributed by atoms with Crippen LogP contribution in [-0.4, -0.2) is 25.5 Å². The summed E-state index contributed by atoms with van der Waals surface area (Å²) in [6.07, 6.45) is 5.01. The van der Waals surface area contributed by atoms with Crippen LogP contribution in [-0.2, 0) is 0 Å². The fraction of sp³-hybridized carbons (Fsp3) is 0. The first-order valence-electron chi connectivity index (χ1n) is 6.90. The van der Waals surface area contributed by atoms with Gasteiger partial charge in [-0.3, -0.25) is 15.1 Å². The Morgan fingerprint density at radius 1 is 1.17 bits per heavy atom. The highest BCUT2D eigenvalue weighted by Crippen LogP contribution is 2.22. The second-order valence-electron chi connectivity index (χ2n) is 4.86. The maximum absolute atomic E-state index is 12.1. The van der Waals surface area contributed by atoms with Crippen molar-refractivity contribution in [1.82, 2.24) is 19.6 Å². The topological polar surface area (TPSA) is 72.2 Å². The number of nitrogens with one attached hydrogen (secondary N) is 1. The van der Waals surface area contributed by atoms with Gasteiger partial charge in [-0.05, 0) is 46.7 Å². The molecule has 1 N–H and O–H groups in total. The highest BCUT2D eigenvalue weighted by molar-refractivity contribution is 7.08. The Labute approximate surface area is 135 Å². The van der Waals surface area contributed by atoms with Crippen LogP contribution in [0.1, 0.15) is 10.4 Å². The number of carbonyl (C=O) groups is 1. The van der Waals surface area contributed by atoms with Crippen LogP contribution in [0, 0.1) is 0 Å². The molecule has 112 valence electrons. The summed E-state index contributed by atoms with van der Waals surface area (Å²) < 4.78 is 1.66. The number of anilines is 1. The Bertz CT molecular complexity index is 963. The summed E-state index contributed by atoms with van der Waals surface area (Å²) in [6, 6.07) is 9.30. The minimum Gasteiger partial charge on any atom is -0.289 e. The number of rotatable bonds is 3. The lowest BCUT2D eigenvalue weighted by molar-refractivity contribution is 0.102. The predicted octanol–water partition coefficient (Wildman–Crippen LogP) is 3.11. The molecule has 0 aliphatic carbocycles. The van der Waals surface area contributed by atoms with Crippen molar-refractivity contribution in [2.24, 2.45) is 0 Å². The Morgan fingerprint density at radius 2 is 2.13 bits per heavy atom. The smallest absolute Gasteiger partial charge is 0.259 e. The average molecular weight is 321 g/mol. The first kappa shape index (κ1) is 13.6.